The number of benzene rings is 1. The molecule has 2 aliphatic heterocycles. The summed E-state index contributed by atoms with van der Waals surface area (Å²) in [6, 6.07) is 5.10. The molecule has 25 heavy (non-hydrogen) atoms. The fourth-order valence-corrected chi connectivity index (χ4v) is 4.94. The highest BCUT2D eigenvalue weighted by Crippen LogP contribution is 2.33. The van der Waals surface area contributed by atoms with Gasteiger partial charge in [-0.15, -0.1) is 0 Å². The molecule has 0 N–H and O–H groups in total. The van der Waals surface area contributed by atoms with Gasteiger partial charge in [0.15, 0.2) is 5.13 Å². The molecule has 0 atom stereocenters. The Morgan fingerprint density at radius 2 is 1.80 bits per heavy atom. The van der Waals surface area contributed by atoms with Crippen molar-refractivity contribution < 1.29 is 9.18 Å². The van der Waals surface area contributed by atoms with Gasteiger partial charge in [-0.3, -0.25) is 4.79 Å². The Hall–Kier alpha value is -1.69. The van der Waals surface area contributed by atoms with Crippen molar-refractivity contribution in [1.29, 1.82) is 0 Å². The highest BCUT2D eigenvalue weighted by atomic mass is 32.1. The summed E-state index contributed by atoms with van der Waals surface area (Å²) in [7, 11) is 0. The van der Waals surface area contributed by atoms with E-state index < -0.39 is 0 Å². The van der Waals surface area contributed by atoms with Crippen molar-refractivity contribution in [1.82, 2.24) is 9.88 Å². The van der Waals surface area contributed by atoms with Gasteiger partial charge < -0.3 is 9.80 Å². The molecular formula is C19H24FN3OS. The minimum atomic E-state index is -0.258. The molecule has 1 aromatic heterocycles. The van der Waals surface area contributed by atoms with Crippen LogP contribution < -0.4 is 4.90 Å². The summed E-state index contributed by atoms with van der Waals surface area (Å²) in [5.74, 6) is 0.226. The zero-order chi connectivity index (χ0) is 17.2. The number of nitrogens with zero attached hydrogens (tertiary/aromatic N) is 3. The van der Waals surface area contributed by atoms with Crippen LogP contribution in [-0.2, 0) is 4.79 Å². The van der Waals surface area contributed by atoms with Gasteiger partial charge in [-0.25, -0.2) is 9.37 Å². The van der Waals surface area contributed by atoms with Crippen LogP contribution in [0, 0.1) is 11.7 Å². The van der Waals surface area contributed by atoms with E-state index in [9.17, 15) is 9.18 Å². The lowest BCUT2D eigenvalue weighted by Crippen LogP contribution is -2.43. The molecule has 2 aromatic rings. The monoisotopic (exact) mass is 361 g/mol. The first-order valence-corrected chi connectivity index (χ1v) is 10.1. The largest absolute Gasteiger partial charge is 0.348 e. The van der Waals surface area contributed by atoms with Gasteiger partial charge >= 0.3 is 0 Å². The van der Waals surface area contributed by atoms with E-state index in [1.165, 1.54) is 30.2 Å². The van der Waals surface area contributed by atoms with Gasteiger partial charge in [-0.05, 0) is 37.8 Å². The van der Waals surface area contributed by atoms with Gasteiger partial charge in [-0.2, -0.15) is 0 Å². The maximum absolute atomic E-state index is 13.8. The van der Waals surface area contributed by atoms with E-state index in [2.05, 4.69) is 14.8 Å². The maximum Gasteiger partial charge on any atom is 0.225 e. The molecule has 0 unspecified atom stereocenters. The Labute approximate surface area is 151 Å². The Balaban J connectivity index is 1.40. The molecule has 3 heterocycles. The number of piperidine rings is 1. The van der Waals surface area contributed by atoms with Crippen molar-refractivity contribution in [3.8, 4) is 0 Å². The van der Waals surface area contributed by atoms with Gasteiger partial charge in [0.2, 0.25) is 5.91 Å². The Morgan fingerprint density at radius 3 is 2.48 bits per heavy atom. The summed E-state index contributed by atoms with van der Waals surface area (Å²) in [4.78, 5) is 21.5. The zero-order valence-electron chi connectivity index (χ0n) is 14.4. The molecule has 1 amide bonds. The third-order valence-corrected chi connectivity index (χ3v) is 6.47. The summed E-state index contributed by atoms with van der Waals surface area (Å²) >= 11 is 1.54. The lowest BCUT2D eigenvalue weighted by molar-refractivity contribution is -0.136. The average Bonchev–Trinajstić information content (AvgIpc) is 2.90. The van der Waals surface area contributed by atoms with Crippen LogP contribution in [0.1, 0.15) is 38.5 Å². The number of para-hydroxylation sites is 1. The molecular weight excluding hydrogens is 337 g/mol. The number of amides is 1. The third kappa shape index (κ3) is 3.50. The minimum Gasteiger partial charge on any atom is -0.348 e. The number of carbonyl (C=O) groups is 1. The quantitative estimate of drug-likeness (QED) is 0.809. The standard InChI is InChI=1S/C19H24FN3OS/c20-15-6-5-7-16-17(15)21-19(25-16)23-12-8-14(9-13-23)18(24)22-10-3-1-2-4-11-22/h5-7,14H,1-4,8-13H2. The smallest absolute Gasteiger partial charge is 0.225 e. The molecule has 0 bridgehead atoms. The van der Waals surface area contributed by atoms with Crippen LogP contribution in [0.5, 0.6) is 0 Å². The lowest BCUT2D eigenvalue weighted by Gasteiger charge is -2.33. The van der Waals surface area contributed by atoms with Gasteiger partial charge in [0, 0.05) is 32.1 Å². The second kappa shape index (κ2) is 7.28. The van der Waals surface area contributed by atoms with Crippen LogP contribution in [0.25, 0.3) is 10.2 Å². The van der Waals surface area contributed by atoms with Crippen molar-refractivity contribution in [3.63, 3.8) is 0 Å². The molecule has 4 nitrogen and oxygen atoms in total. The molecule has 134 valence electrons. The number of fused-ring (bicyclic) bond motifs is 1. The predicted octanol–water partition coefficient (Wildman–Crippen LogP) is 4.05. The topological polar surface area (TPSA) is 36.4 Å². The number of halogens is 1. The van der Waals surface area contributed by atoms with E-state index in [0.29, 0.717) is 11.4 Å². The summed E-state index contributed by atoms with van der Waals surface area (Å²) in [6.07, 6.45) is 6.51. The number of carbonyl (C=O) groups excluding carboxylic acids is 1. The second-order valence-corrected chi connectivity index (χ2v) is 8.09. The molecule has 2 aliphatic rings. The third-order valence-electron chi connectivity index (χ3n) is 5.39. The fraction of sp³-hybridized carbons (Fsp3) is 0.579. The highest BCUT2D eigenvalue weighted by Gasteiger charge is 2.29. The Morgan fingerprint density at radius 1 is 1.08 bits per heavy atom. The summed E-state index contributed by atoms with van der Waals surface area (Å²) in [6.45, 7) is 3.50. The number of hydrogen-bond acceptors (Lipinski definition) is 4. The number of anilines is 1. The minimum absolute atomic E-state index is 0.139. The first-order chi connectivity index (χ1) is 12.2. The van der Waals surface area contributed by atoms with E-state index in [4.69, 9.17) is 0 Å². The molecule has 0 aliphatic carbocycles. The van der Waals surface area contributed by atoms with Crippen LogP contribution in [0.4, 0.5) is 9.52 Å². The van der Waals surface area contributed by atoms with Crippen molar-refractivity contribution in [2.75, 3.05) is 31.1 Å². The van der Waals surface area contributed by atoms with E-state index >= 15 is 0 Å². The van der Waals surface area contributed by atoms with E-state index in [0.717, 1.165) is 61.7 Å². The molecule has 1 aromatic carbocycles. The highest BCUT2D eigenvalue weighted by molar-refractivity contribution is 7.22. The summed E-state index contributed by atoms with van der Waals surface area (Å²) in [5.41, 5.74) is 0.463. The average molecular weight is 361 g/mol. The predicted molar refractivity (Wildman–Crippen MR) is 99.6 cm³/mol. The van der Waals surface area contributed by atoms with Gasteiger partial charge in [0.05, 0.1) is 4.70 Å². The number of likely N-dealkylation sites (tertiary alicyclic amines) is 1. The molecule has 2 fully saturated rings. The van der Waals surface area contributed by atoms with Gasteiger partial charge in [0.1, 0.15) is 11.3 Å². The van der Waals surface area contributed by atoms with Crippen molar-refractivity contribution >= 4 is 32.6 Å². The van der Waals surface area contributed by atoms with Crippen LogP contribution >= 0.6 is 11.3 Å². The fourth-order valence-electron chi connectivity index (χ4n) is 3.91. The van der Waals surface area contributed by atoms with E-state index in [-0.39, 0.29) is 11.7 Å². The number of aromatic nitrogens is 1. The number of rotatable bonds is 2. The molecule has 4 rings (SSSR count). The summed E-state index contributed by atoms with van der Waals surface area (Å²) in [5, 5.41) is 0.876. The number of thiazole rings is 1. The molecule has 0 spiro atoms. The molecule has 0 radical (unpaired) electrons. The molecule has 0 saturated carbocycles. The Kier molecular flexibility index (Phi) is 4.88. The van der Waals surface area contributed by atoms with Crippen LogP contribution in [0.15, 0.2) is 18.2 Å². The van der Waals surface area contributed by atoms with Crippen LogP contribution in [-0.4, -0.2) is 42.0 Å². The van der Waals surface area contributed by atoms with Crippen molar-refractivity contribution in [2.24, 2.45) is 5.92 Å². The molecule has 6 heteroatoms. The van der Waals surface area contributed by atoms with Crippen molar-refractivity contribution in [3.05, 3.63) is 24.0 Å². The molecule has 2 saturated heterocycles. The second-order valence-electron chi connectivity index (χ2n) is 7.08. The first-order valence-electron chi connectivity index (χ1n) is 9.31. The summed E-state index contributed by atoms with van der Waals surface area (Å²) < 4.78 is 14.7. The van der Waals surface area contributed by atoms with Crippen LogP contribution in [0.3, 0.4) is 0 Å². The first kappa shape index (κ1) is 16.8. The Bertz CT molecular complexity index is 746. The van der Waals surface area contributed by atoms with E-state index in [1.807, 2.05) is 6.07 Å². The van der Waals surface area contributed by atoms with Crippen molar-refractivity contribution in [2.45, 2.75) is 38.5 Å². The zero-order valence-corrected chi connectivity index (χ0v) is 15.2. The van der Waals surface area contributed by atoms with Gasteiger partial charge in [0.25, 0.3) is 0 Å². The van der Waals surface area contributed by atoms with Gasteiger partial charge in [-0.1, -0.05) is 30.2 Å². The lowest BCUT2D eigenvalue weighted by atomic mass is 9.95. The number of hydrogen-bond donors (Lipinski definition) is 0. The SMILES string of the molecule is O=C(C1CCN(c2nc3c(F)cccc3s2)CC1)N1CCCCCC1. The normalized spacial score (nSPS) is 20.0. The van der Waals surface area contributed by atoms with Crippen LogP contribution in [0.2, 0.25) is 0 Å². The van der Waals surface area contributed by atoms with E-state index in [1.54, 1.807) is 6.07 Å². The maximum atomic E-state index is 13.8.